The van der Waals surface area contributed by atoms with Crippen LogP contribution in [0.25, 0.3) is 87.2 Å². The largest absolute Gasteiger partial charge is 0.310 e. The molecule has 0 saturated carbocycles. The maximum Gasteiger partial charge on any atom is 0.0546 e. The van der Waals surface area contributed by atoms with E-state index in [0.29, 0.717) is 0 Å². The van der Waals surface area contributed by atoms with Crippen molar-refractivity contribution < 1.29 is 0 Å². The van der Waals surface area contributed by atoms with Crippen molar-refractivity contribution in [2.24, 2.45) is 0 Å². The predicted octanol–water partition coefficient (Wildman–Crippen LogP) is 15.9. The normalized spacial score (nSPS) is 11.5. The summed E-state index contributed by atoms with van der Waals surface area (Å²) in [5, 5.41) is 12.5. The molecule has 0 aliphatic carbocycles. The lowest BCUT2D eigenvalue weighted by molar-refractivity contribution is 1.30. The minimum atomic E-state index is 1.10. The molecule has 0 amide bonds. The Bertz CT molecular complexity index is 3270. The topological polar surface area (TPSA) is 3.24 Å². The lowest BCUT2D eigenvalue weighted by atomic mass is 9.85. The van der Waals surface area contributed by atoms with Gasteiger partial charge in [0.15, 0.2) is 0 Å². The zero-order chi connectivity index (χ0) is 37.7. The number of hydrogen-bond donors (Lipinski definition) is 0. The zero-order valence-corrected chi connectivity index (χ0v) is 31.3. The molecule has 1 heteroatoms. The van der Waals surface area contributed by atoms with Crippen molar-refractivity contribution >= 4 is 70.9 Å². The van der Waals surface area contributed by atoms with Crippen LogP contribution < -0.4 is 4.90 Å². The molecule has 0 fully saturated rings. The monoisotopic (exact) mass is 723 g/mol. The van der Waals surface area contributed by atoms with Gasteiger partial charge in [-0.05, 0) is 112 Å². The van der Waals surface area contributed by atoms with Crippen LogP contribution in [-0.4, -0.2) is 0 Å². The van der Waals surface area contributed by atoms with Crippen LogP contribution in [-0.2, 0) is 0 Å². The molecular weight excluding hydrogens is 687 g/mol. The molecule has 0 aliphatic heterocycles. The quantitative estimate of drug-likeness (QED) is 0.154. The maximum absolute atomic E-state index is 2.43. The first-order valence-corrected chi connectivity index (χ1v) is 19.7. The average molecular weight is 724 g/mol. The van der Waals surface area contributed by atoms with Crippen molar-refractivity contribution in [3.63, 3.8) is 0 Å². The zero-order valence-electron chi connectivity index (χ0n) is 31.3. The summed E-state index contributed by atoms with van der Waals surface area (Å²) in [6, 6.07) is 82.0. The molecular formula is C56H37N. The van der Waals surface area contributed by atoms with Gasteiger partial charge in [-0.1, -0.05) is 194 Å². The van der Waals surface area contributed by atoms with Crippen LogP contribution in [0.3, 0.4) is 0 Å². The van der Waals surface area contributed by atoms with Crippen LogP contribution in [0.1, 0.15) is 0 Å². The molecule has 0 aromatic heterocycles. The number of benzene rings is 11. The Morgan fingerprint density at radius 3 is 1.28 bits per heavy atom. The second-order valence-electron chi connectivity index (χ2n) is 14.8. The first kappa shape index (κ1) is 32.9. The van der Waals surface area contributed by atoms with Crippen LogP contribution in [0.5, 0.6) is 0 Å². The fourth-order valence-corrected chi connectivity index (χ4v) is 9.04. The minimum Gasteiger partial charge on any atom is -0.310 e. The summed E-state index contributed by atoms with van der Waals surface area (Å²) in [4.78, 5) is 2.43. The Hall–Kier alpha value is -7.48. The molecule has 0 heterocycles. The highest BCUT2D eigenvalue weighted by Crippen LogP contribution is 2.47. The Morgan fingerprint density at radius 1 is 0.246 bits per heavy atom. The van der Waals surface area contributed by atoms with Gasteiger partial charge in [-0.15, -0.1) is 0 Å². The number of nitrogens with zero attached hydrogens (tertiary/aromatic N) is 1. The molecule has 0 atom stereocenters. The van der Waals surface area contributed by atoms with Gasteiger partial charge in [0.1, 0.15) is 0 Å². The second-order valence-corrected chi connectivity index (χ2v) is 14.8. The van der Waals surface area contributed by atoms with E-state index in [1.165, 1.54) is 87.2 Å². The van der Waals surface area contributed by atoms with Gasteiger partial charge < -0.3 is 4.90 Å². The molecule has 11 aromatic rings. The van der Waals surface area contributed by atoms with Crippen LogP contribution in [0.2, 0.25) is 0 Å². The number of hydrogen-bond acceptors (Lipinski definition) is 1. The molecule has 0 radical (unpaired) electrons. The molecule has 1 nitrogen and oxygen atoms in total. The van der Waals surface area contributed by atoms with E-state index in [1.54, 1.807) is 0 Å². The lowest BCUT2D eigenvalue weighted by Gasteiger charge is -2.28. The standard InChI is InChI=1S/C56H37N/c1-2-16-40(17-3-1)55-52-26-12-9-23-49(52)50-24-10-13-27-53(50)56(55)41-31-35-44(36-32-41)57(54-37-42-18-5-7-21-47(42)48-22-8-11-25-51(48)54)43-33-29-39(30-34-43)46-28-14-19-38-15-4-6-20-45(38)46/h1-37H. The van der Waals surface area contributed by atoms with Gasteiger partial charge >= 0.3 is 0 Å². The molecule has 266 valence electrons. The van der Waals surface area contributed by atoms with Crippen molar-refractivity contribution in [1.82, 2.24) is 0 Å². The van der Waals surface area contributed by atoms with Gasteiger partial charge in [-0.2, -0.15) is 0 Å². The predicted molar refractivity (Wildman–Crippen MR) is 245 cm³/mol. The molecule has 0 N–H and O–H groups in total. The van der Waals surface area contributed by atoms with E-state index in [1.807, 2.05) is 0 Å². The van der Waals surface area contributed by atoms with Gasteiger partial charge in [0.25, 0.3) is 0 Å². The molecule has 0 saturated heterocycles. The Morgan fingerprint density at radius 2 is 0.667 bits per heavy atom. The van der Waals surface area contributed by atoms with Gasteiger partial charge in [0.2, 0.25) is 0 Å². The van der Waals surface area contributed by atoms with Crippen LogP contribution in [0.4, 0.5) is 17.1 Å². The van der Waals surface area contributed by atoms with E-state index in [-0.39, 0.29) is 0 Å². The fourth-order valence-electron chi connectivity index (χ4n) is 9.04. The summed E-state index contributed by atoms with van der Waals surface area (Å²) < 4.78 is 0. The van der Waals surface area contributed by atoms with E-state index in [9.17, 15) is 0 Å². The van der Waals surface area contributed by atoms with Crippen LogP contribution >= 0.6 is 0 Å². The van der Waals surface area contributed by atoms with E-state index in [0.717, 1.165) is 17.1 Å². The first-order chi connectivity index (χ1) is 28.3. The molecule has 0 spiro atoms. The highest BCUT2D eigenvalue weighted by Gasteiger charge is 2.20. The molecule has 0 bridgehead atoms. The summed E-state index contributed by atoms with van der Waals surface area (Å²) in [6.45, 7) is 0. The van der Waals surface area contributed by atoms with E-state index >= 15 is 0 Å². The van der Waals surface area contributed by atoms with Crippen LogP contribution in [0.15, 0.2) is 224 Å². The highest BCUT2D eigenvalue weighted by molar-refractivity contribution is 6.22. The number of rotatable bonds is 6. The van der Waals surface area contributed by atoms with Crippen molar-refractivity contribution in [3.05, 3.63) is 224 Å². The lowest BCUT2D eigenvalue weighted by Crippen LogP contribution is -2.10. The first-order valence-electron chi connectivity index (χ1n) is 19.7. The maximum atomic E-state index is 2.43. The van der Waals surface area contributed by atoms with Gasteiger partial charge in [0.05, 0.1) is 5.69 Å². The smallest absolute Gasteiger partial charge is 0.0546 e. The van der Waals surface area contributed by atoms with Gasteiger partial charge in [0, 0.05) is 16.8 Å². The highest BCUT2D eigenvalue weighted by atomic mass is 15.1. The molecule has 57 heavy (non-hydrogen) atoms. The summed E-state index contributed by atoms with van der Waals surface area (Å²) in [6.07, 6.45) is 0. The Labute approximate surface area is 332 Å². The SMILES string of the molecule is c1ccc(-c2c(-c3ccc(N(c4ccc(-c5cccc6ccccc56)cc4)c4cc5ccccc5c5ccccc45)cc3)c3ccccc3c3ccccc23)cc1. The Balaban J connectivity index is 1.12. The van der Waals surface area contributed by atoms with Crippen molar-refractivity contribution in [2.45, 2.75) is 0 Å². The summed E-state index contributed by atoms with van der Waals surface area (Å²) in [5.41, 5.74) is 10.7. The van der Waals surface area contributed by atoms with E-state index in [2.05, 4.69) is 229 Å². The fraction of sp³-hybridized carbons (Fsp3) is 0. The van der Waals surface area contributed by atoms with Gasteiger partial charge in [-0.3, -0.25) is 0 Å². The third-order valence-corrected chi connectivity index (χ3v) is 11.6. The average Bonchev–Trinajstić information content (AvgIpc) is 3.29. The summed E-state index contributed by atoms with van der Waals surface area (Å²) in [5.74, 6) is 0. The molecule has 0 aliphatic rings. The Kier molecular flexibility index (Phi) is 7.89. The third-order valence-electron chi connectivity index (χ3n) is 11.6. The number of fused-ring (bicyclic) bond motifs is 7. The van der Waals surface area contributed by atoms with Crippen molar-refractivity contribution in [2.75, 3.05) is 4.90 Å². The minimum absolute atomic E-state index is 1.10. The van der Waals surface area contributed by atoms with Crippen molar-refractivity contribution in [3.8, 4) is 33.4 Å². The second kappa shape index (κ2) is 13.7. The molecule has 0 unspecified atom stereocenters. The van der Waals surface area contributed by atoms with Gasteiger partial charge in [-0.25, -0.2) is 0 Å². The summed E-state index contributed by atoms with van der Waals surface area (Å²) >= 11 is 0. The van der Waals surface area contributed by atoms with E-state index in [4.69, 9.17) is 0 Å². The van der Waals surface area contributed by atoms with E-state index < -0.39 is 0 Å². The van der Waals surface area contributed by atoms with Crippen molar-refractivity contribution in [1.29, 1.82) is 0 Å². The molecule has 11 aromatic carbocycles. The van der Waals surface area contributed by atoms with Crippen LogP contribution in [0, 0.1) is 0 Å². The number of anilines is 3. The third kappa shape index (κ3) is 5.55. The summed E-state index contributed by atoms with van der Waals surface area (Å²) in [7, 11) is 0. The molecule has 11 rings (SSSR count).